The highest BCUT2D eigenvalue weighted by molar-refractivity contribution is 6.01. The average molecular weight is 645 g/mol. The quantitative estimate of drug-likeness (QED) is 0.233. The van der Waals surface area contributed by atoms with Crippen LogP contribution < -0.4 is 10.4 Å². The molecule has 8 rings (SSSR count). The van der Waals surface area contributed by atoms with E-state index in [-0.39, 0.29) is 11.8 Å². The predicted molar refractivity (Wildman–Crippen MR) is 199 cm³/mol. The number of hydrogen-bond acceptors (Lipinski definition) is 4. The summed E-state index contributed by atoms with van der Waals surface area (Å²) in [5.41, 5.74) is 3.08. The van der Waals surface area contributed by atoms with Gasteiger partial charge in [-0.05, 0) is 129 Å². The molecule has 4 nitrogen and oxygen atoms in total. The van der Waals surface area contributed by atoms with Gasteiger partial charge in [0.25, 0.3) is 0 Å². The van der Waals surface area contributed by atoms with Gasteiger partial charge in [-0.25, -0.2) is 0 Å². The first kappa shape index (κ1) is 33.4. The smallest absolute Gasteiger partial charge is 0.167 e. The highest BCUT2D eigenvalue weighted by Gasteiger charge is 2.32. The van der Waals surface area contributed by atoms with Crippen molar-refractivity contribution in [3.63, 3.8) is 0 Å². The minimum absolute atomic E-state index is 0.186. The molecule has 0 radical (unpaired) electrons. The van der Waals surface area contributed by atoms with Gasteiger partial charge in [0.2, 0.25) is 0 Å². The van der Waals surface area contributed by atoms with E-state index in [9.17, 15) is 9.59 Å². The Hall–Kier alpha value is -3.08. The minimum Gasteiger partial charge on any atom is -0.302 e. The molecule has 2 heterocycles. The van der Waals surface area contributed by atoms with Crippen LogP contribution in [0.4, 0.5) is 0 Å². The molecule has 0 aromatic heterocycles. The first-order chi connectivity index (χ1) is 23.4. The number of carbonyl (C=O) groups is 2. The fourth-order valence-corrected chi connectivity index (χ4v) is 8.86. The van der Waals surface area contributed by atoms with E-state index in [1.807, 2.05) is 6.07 Å². The Morgan fingerprint density at radius 1 is 0.708 bits per heavy atom. The third-order valence-electron chi connectivity index (χ3n) is 12.0. The van der Waals surface area contributed by atoms with Gasteiger partial charge in [-0.15, -0.1) is 0 Å². The van der Waals surface area contributed by atoms with Crippen LogP contribution >= 0.6 is 0 Å². The second-order valence-electron chi connectivity index (χ2n) is 15.7. The largest absolute Gasteiger partial charge is 0.302 e. The van der Waals surface area contributed by atoms with E-state index in [0.717, 1.165) is 61.9 Å². The molecule has 5 aliphatic rings. The number of piperidine rings is 2. The van der Waals surface area contributed by atoms with Gasteiger partial charge in [0.05, 0.1) is 0 Å². The second-order valence-corrected chi connectivity index (χ2v) is 15.7. The van der Waals surface area contributed by atoms with E-state index in [4.69, 9.17) is 0 Å². The second kappa shape index (κ2) is 15.2. The molecule has 2 saturated carbocycles. The van der Waals surface area contributed by atoms with Crippen LogP contribution in [-0.4, -0.2) is 60.1 Å². The summed E-state index contributed by atoms with van der Waals surface area (Å²) in [6.45, 7) is 9.87. The summed E-state index contributed by atoms with van der Waals surface area (Å²) in [7, 11) is 0. The summed E-state index contributed by atoms with van der Waals surface area (Å²) in [5.74, 6) is 2.64. The van der Waals surface area contributed by atoms with Gasteiger partial charge < -0.3 is 4.90 Å². The molecule has 48 heavy (non-hydrogen) atoms. The Morgan fingerprint density at radius 2 is 1.40 bits per heavy atom. The molecule has 3 aromatic rings. The van der Waals surface area contributed by atoms with Crippen molar-refractivity contribution in [3.05, 3.63) is 81.7 Å². The molecule has 0 amide bonds. The van der Waals surface area contributed by atoms with E-state index in [0.29, 0.717) is 17.5 Å². The fourth-order valence-electron chi connectivity index (χ4n) is 8.86. The lowest BCUT2D eigenvalue weighted by molar-refractivity contribution is 0.0756. The summed E-state index contributed by atoms with van der Waals surface area (Å²) in [4.78, 5) is 31.2. The molecule has 0 N–H and O–H groups in total. The third-order valence-corrected chi connectivity index (χ3v) is 12.0. The summed E-state index contributed by atoms with van der Waals surface area (Å²) in [5, 5.41) is 4.97. The van der Waals surface area contributed by atoms with Crippen LogP contribution in [0.5, 0.6) is 0 Å². The Kier molecular flexibility index (Phi) is 10.6. The topological polar surface area (TPSA) is 40.6 Å². The highest BCUT2D eigenvalue weighted by Crippen LogP contribution is 2.32. The number of fused-ring (bicyclic) bond motifs is 2. The predicted octanol–water partition coefficient (Wildman–Crippen LogP) is 7.97. The van der Waals surface area contributed by atoms with Crippen LogP contribution in [0, 0.1) is 30.6 Å². The number of benzene rings is 3. The van der Waals surface area contributed by atoms with E-state index < -0.39 is 0 Å². The number of rotatable bonds is 8. The van der Waals surface area contributed by atoms with Crippen molar-refractivity contribution in [3.8, 4) is 0 Å². The minimum atomic E-state index is 0.186. The van der Waals surface area contributed by atoms with Crippen LogP contribution in [0.3, 0.4) is 0 Å². The number of carbonyl (C=O) groups excluding carboxylic acids is 2. The first-order valence-corrected chi connectivity index (χ1v) is 19.3. The van der Waals surface area contributed by atoms with Crippen LogP contribution in [0.2, 0.25) is 0 Å². The molecule has 254 valence electrons. The molecule has 2 aliphatic heterocycles. The summed E-state index contributed by atoms with van der Waals surface area (Å²) >= 11 is 0. The van der Waals surface area contributed by atoms with Crippen LogP contribution in [0.25, 0.3) is 22.9 Å². The molecule has 4 fully saturated rings. The maximum absolute atomic E-state index is 13.1. The van der Waals surface area contributed by atoms with Crippen molar-refractivity contribution < 1.29 is 9.59 Å². The summed E-state index contributed by atoms with van der Waals surface area (Å²) in [6.07, 6.45) is 19.7. The number of likely N-dealkylation sites (tertiary alicyclic amines) is 2. The molecule has 3 unspecified atom stereocenters. The van der Waals surface area contributed by atoms with E-state index in [2.05, 4.69) is 84.3 Å². The molecule has 0 spiro atoms. The van der Waals surface area contributed by atoms with Crippen LogP contribution in [-0.2, 0) is 0 Å². The zero-order chi connectivity index (χ0) is 33.0. The standard InChI is InChI=1S/C23H31NO.C21H25NO/c1-2-17-9-10-18-11-12-19(15-21(18)14-17)23(25)20-6-5-13-24(16-20)22-7-3-4-8-22;1-15-4-7-18-12-19(9-8-17(18)11-15)21(23)20-3-2-10-22(14-20)13-16-5-6-16/h10-12,14-15,17,20,22H,2-9,13,16H2,1H3;4,7-9,11-12,16,20H,2-3,5-6,10,13-14H2,1H3. The van der Waals surface area contributed by atoms with Gasteiger partial charge in [-0.3, -0.25) is 14.5 Å². The zero-order valence-corrected chi connectivity index (χ0v) is 29.5. The molecule has 3 aliphatic carbocycles. The number of aryl methyl sites for hydroxylation is 1. The lowest BCUT2D eigenvalue weighted by Gasteiger charge is -2.36. The SMILES string of the molecule is CCC1C=c2cc(C(=O)C3CCCN(C4CCCC4)C3)ccc2=CC1.Cc1ccc2cc(C(=O)C3CCCN(CC4CC4)C3)ccc2c1. The van der Waals surface area contributed by atoms with Gasteiger partial charge >= 0.3 is 0 Å². The lowest BCUT2D eigenvalue weighted by atomic mass is 9.87. The van der Waals surface area contributed by atoms with Crippen molar-refractivity contribution in [2.75, 3.05) is 32.7 Å². The summed E-state index contributed by atoms with van der Waals surface area (Å²) in [6, 6.07) is 19.7. The van der Waals surface area contributed by atoms with Gasteiger partial charge in [0.15, 0.2) is 11.6 Å². The Morgan fingerprint density at radius 3 is 2.17 bits per heavy atom. The number of hydrogen-bond donors (Lipinski definition) is 0. The van der Waals surface area contributed by atoms with Crippen molar-refractivity contribution in [1.82, 2.24) is 9.80 Å². The third kappa shape index (κ3) is 8.03. The molecule has 4 heteroatoms. The van der Waals surface area contributed by atoms with Crippen molar-refractivity contribution in [2.24, 2.45) is 23.7 Å². The van der Waals surface area contributed by atoms with E-state index in [1.54, 1.807) is 0 Å². The monoisotopic (exact) mass is 644 g/mol. The van der Waals surface area contributed by atoms with Crippen LogP contribution in [0.15, 0.2) is 54.6 Å². The Balaban J connectivity index is 0.000000152. The molecule has 2 saturated heterocycles. The van der Waals surface area contributed by atoms with Gasteiger partial charge in [-0.1, -0.05) is 79.9 Å². The van der Waals surface area contributed by atoms with E-state index >= 15 is 0 Å². The van der Waals surface area contributed by atoms with Gasteiger partial charge in [0, 0.05) is 48.6 Å². The Labute approximate surface area is 288 Å². The maximum atomic E-state index is 13.1. The van der Waals surface area contributed by atoms with Crippen molar-refractivity contribution in [1.29, 1.82) is 0 Å². The lowest BCUT2D eigenvalue weighted by Crippen LogP contribution is -2.44. The fraction of sp³-hybridized carbons (Fsp3) is 0.545. The molecular weight excluding hydrogens is 588 g/mol. The first-order valence-electron chi connectivity index (χ1n) is 19.3. The van der Waals surface area contributed by atoms with Crippen molar-refractivity contribution in [2.45, 2.75) is 96.9 Å². The molecule has 3 aromatic carbocycles. The highest BCUT2D eigenvalue weighted by atomic mass is 16.1. The number of ketones is 2. The van der Waals surface area contributed by atoms with E-state index in [1.165, 1.54) is 97.8 Å². The zero-order valence-electron chi connectivity index (χ0n) is 29.5. The summed E-state index contributed by atoms with van der Waals surface area (Å²) < 4.78 is 0. The van der Waals surface area contributed by atoms with Crippen molar-refractivity contribution >= 4 is 34.5 Å². The average Bonchev–Trinajstić information content (AvgIpc) is 3.77. The maximum Gasteiger partial charge on any atom is 0.167 e. The van der Waals surface area contributed by atoms with Gasteiger partial charge in [0.1, 0.15) is 0 Å². The number of nitrogens with zero attached hydrogens (tertiary/aromatic N) is 2. The van der Waals surface area contributed by atoms with Crippen LogP contribution in [0.1, 0.15) is 110 Å². The molecule has 0 bridgehead atoms. The molecule has 3 atom stereocenters. The normalized spacial score (nSPS) is 25.0. The molecular formula is C44H56N2O2. The Bertz CT molecular complexity index is 1730. The van der Waals surface area contributed by atoms with Gasteiger partial charge in [-0.2, -0.15) is 0 Å². The number of Topliss-reactive ketones (excluding diaryl/α,β-unsaturated/α-hetero) is 2.